The van der Waals surface area contributed by atoms with E-state index in [2.05, 4.69) is 5.32 Å². The minimum absolute atomic E-state index is 0.00200. The fourth-order valence-corrected chi connectivity index (χ4v) is 2.27. The monoisotopic (exact) mass is 310 g/mol. The van der Waals surface area contributed by atoms with Crippen molar-refractivity contribution in [1.29, 1.82) is 0 Å². The fourth-order valence-electron chi connectivity index (χ4n) is 1.49. The molecule has 0 unspecified atom stereocenters. The summed E-state index contributed by atoms with van der Waals surface area (Å²) in [5.41, 5.74) is 0.606. The third-order valence-corrected chi connectivity index (χ3v) is 3.57. The highest BCUT2D eigenvalue weighted by Gasteiger charge is 2.04. The van der Waals surface area contributed by atoms with Crippen molar-refractivity contribution < 1.29 is 14.8 Å². The molecule has 0 bridgehead atoms. The van der Waals surface area contributed by atoms with Crippen LogP contribution in [0.3, 0.4) is 0 Å². The number of benzene rings is 1. The van der Waals surface area contributed by atoms with Crippen LogP contribution in [0.25, 0.3) is 6.08 Å². The van der Waals surface area contributed by atoms with Crippen LogP contribution in [-0.4, -0.2) is 40.6 Å². The number of nitro groups is 1. The number of nitro benzene ring substituents is 1. The zero-order valence-electron chi connectivity index (χ0n) is 11.5. The standard InChI is InChI=1S/C14H18N2O4S/c17-8-2-9-21-10-7-15-14(18)6-5-12-3-1-4-13(11-12)16(19)20/h1,3-6,11,17H,2,7-10H2,(H,15,18)/b6-5+. The van der Waals surface area contributed by atoms with E-state index < -0.39 is 4.92 Å². The molecule has 0 aromatic heterocycles. The largest absolute Gasteiger partial charge is 0.396 e. The number of nitrogens with one attached hydrogen (secondary N) is 1. The van der Waals surface area contributed by atoms with Crippen molar-refractivity contribution in [2.75, 3.05) is 24.7 Å². The van der Waals surface area contributed by atoms with Crippen molar-refractivity contribution in [2.24, 2.45) is 0 Å². The van der Waals surface area contributed by atoms with Crippen LogP contribution in [0.2, 0.25) is 0 Å². The number of amides is 1. The lowest BCUT2D eigenvalue weighted by Gasteiger charge is -2.01. The number of nitrogens with zero attached hydrogens (tertiary/aromatic N) is 1. The molecule has 0 spiro atoms. The smallest absolute Gasteiger partial charge is 0.270 e. The molecule has 114 valence electrons. The molecule has 0 fully saturated rings. The molecule has 0 aliphatic rings. The van der Waals surface area contributed by atoms with Crippen molar-refractivity contribution in [2.45, 2.75) is 6.42 Å². The van der Waals surface area contributed by atoms with Gasteiger partial charge in [-0.3, -0.25) is 14.9 Å². The summed E-state index contributed by atoms with van der Waals surface area (Å²) in [5, 5.41) is 22.0. The topological polar surface area (TPSA) is 92.5 Å². The lowest BCUT2D eigenvalue weighted by atomic mass is 10.2. The van der Waals surface area contributed by atoms with Gasteiger partial charge < -0.3 is 10.4 Å². The predicted octanol–water partition coefficient (Wildman–Crippen LogP) is 1.84. The minimum atomic E-state index is -0.471. The van der Waals surface area contributed by atoms with E-state index in [9.17, 15) is 14.9 Å². The van der Waals surface area contributed by atoms with Crippen LogP contribution >= 0.6 is 11.8 Å². The van der Waals surface area contributed by atoms with E-state index in [1.807, 2.05) is 0 Å². The zero-order valence-corrected chi connectivity index (χ0v) is 12.3. The summed E-state index contributed by atoms with van der Waals surface area (Å²) in [4.78, 5) is 21.7. The molecule has 1 amide bonds. The van der Waals surface area contributed by atoms with E-state index in [1.54, 1.807) is 30.0 Å². The van der Waals surface area contributed by atoms with E-state index in [1.165, 1.54) is 18.2 Å². The first-order chi connectivity index (χ1) is 10.1. The molecule has 0 saturated heterocycles. The molecule has 1 aromatic rings. The summed E-state index contributed by atoms with van der Waals surface area (Å²) in [6.45, 7) is 0.736. The van der Waals surface area contributed by atoms with Crippen LogP contribution in [-0.2, 0) is 4.79 Å². The van der Waals surface area contributed by atoms with Gasteiger partial charge in [-0.25, -0.2) is 0 Å². The highest BCUT2D eigenvalue weighted by atomic mass is 32.2. The second-order valence-electron chi connectivity index (χ2n) is 4.17. The number of carbonyl (C=O) groups excluding carboxylic acids is 1. The van der Waals surface area contributed by atoms with Gasteiger partial charge in [-0.2, -0.15) is 11.8 Å². The van der Waals surface area contributed by atoms with Gasteiger partial charge in [-0.1, -0.05) is 12.1 Å². The Kier molecular flexibility index (Phi) is 8.15. The number of hydrogen-bond acceptors (Lipinski definition) is 5. The molecule has 0 heterocycles. The van der Waals surface area contributed by atoms with Gasteiger partial charge in [0, 0.05) is 37.1 Å². The van der Waals surface area contributed by atoms with Gasteiger partial charge in [-0.15, -0.1) is 0 Å². The van der Waals surface area contributed by atoms with Crippen molar-refractivity contribution >= 4 is 29.4 Å². The van der Waals surface area contributed by atoms with Crippen LogP contribution in [0.1, 0.15) is 12.0 Å². The first-order valence-electron chi connectivity index (χ1n) is 6.52. The van der Waals surface area contributed by atoms with Gasteiger partial charge in [0.15, 0.2) is 0 Å². The Hall–Kier alpha value is -1.86. The van der Waals surface area contributed by atoms with E-state index in [4.69, 9.17) is 5.11 Å². The highest BCUT2D eigenvalue weighted by molar-refractivity contribution is 7.99. The van der Waals surface area contributed by atoms with Gasteiger partial charge in [0.25, 0.3) is 5.69 Å². The second kappa shape index (κ2) is 9.95. The van der Waals surface area contributed by atoms with Crippen LogP contribution in [0, 0.1) is 10.1 Å². The highest BCUT2D eigenvalue weighted by Crippen LogP contribution is 2.13. The Labute approximate surface area is 127 Å². The molecule has 2 N–H and O–H groups in total. The summed E-state index contributed by atoms with van der Waals surface area (Å²) in [6.07, 6.45) is 3.66. The SMILES string of the molecule is O=C(/C=C/c1cccc([N+](=O)[O-])c1)NCCSCCCO. The minimum Gasteiger partial charge on any atom is -0.396 e. The molecule has 1 aromatic carbocycles. The van der Waals surface area contributed by atoms with Crippen molar-refractivity contribution in [1.82, 2.24) is 5.32 Å². The maximum Gasteiger partial charge on any atom is 0.270 e. The molecule has 0 saturated carbocycles. The van der Waals surface area contributed by atoms with Gasteiger partial charge in [0.05, 0.1) is 4.92 Å². The van der Waals surface area contributed by atoms with Crippen LogP contribution in [0.4, 0.5) is 5.69 Å². The molecule has 0 radical (unpaired) electrons. The Morgan fingerprint density at radius 3 is 2.95 bits per heavy atom. The Bertz CT molecular complexity index is 506. The number of aliphatic hydroxyl groups is 1. The number of non-ortho nitro benzene ring substituents is 1. The molecule has 0 aliphatic heterocycles. The Morgan fingerprint density at radius 2 is 2.24 bits per heavy atom. The van der Waals surface area contributed by atoms with E-state index in [0.717, 1.165) is 17.9 Å². The third-order valence-electron chi connectivity index (χ3n) is 2.50. The van der Waals surface area contributed by atoms with Gasteiger partial charge >= 0.3 is 0 Å². The van der Waals surface area contributed by atoms with Crippen LogP contribution in [0.15, 0.2) is 30.3 Å². The first kappa shape index (κ1) is 17.2. The second-order valence-corrected chi connectivity index (χ2v) is 5.39. The first-order valence-corrected chi connectivity index (χ1v) is 7.68. The van der Waals surface area contributed by atoms with Crippen molar-refractivity contribution in [3.05, 3.63) is 46.0 Å². The molecule has 6 nitrogen and oxygen atoms in total. The quantitative estimate of drug-likeness (QED) is 0.314. The number of aliphatic hydroxyl groups excluding tert-OH is 1. The fraction of sp³-hybridized carbons (Fsp3) is 0.357. The molecule has 0 aliphatic carbocycles. The Morgan fingerprint density at radius 1 is 1.43 bits per heavy atom. The van der Waals surface area contributed by atoms with Gasteiger partial charge in [-0.05, 0) is 23.8 Å². The average molecular weight is 310 g/mol. The van der Waals surface area contributed by atoms with Gasteiger partial charge in [0.1, 0.15) is 0 Å². The normalized spacial score (nSPS) is 10.7. The van der Waals surface area contributed by atoms with E-state index in [0.29, 0.717) is 12.1 Å². The average Bonchev–Trinajstić information content (AvgIpc) is 2.49. The molecule has 0 atom stereocenters. The van der Waals surface area contributed by atoms with E-state index in [-0.39, 0.29) is 18.2 Å². The summed E-state index contributed by atoms with van der Waals surface area (Å²) in [6, 6.07) is 6.09. The molecule has 1 rings (SSSR count). The molecular formula is C14H18N2O4S. The third kappa shape index (κ3) is 7.48. The molecule has 7 heteroatoms. The van der Waals surface area contributed by atoms with Crippen molar-refractivity contribution in [3.8, 4) is 0 Å². The zero-order chi connectivity index (χ0) is 15.5. The lowest BCUT2D eigenvalue weighted by molar-refractivity contribution is -0.384. The number of thioether (sulfide) groups is 1. The summed E-state index contributed by atoms with van der Waals surface area (Å²) in [7, 11) is 0. The molecule has 21 heavy (non-hydrogen) atoms. The van der Waals surface area contributed by atoms with Gasteiger partial charge in [0.2, 0.25) is 5.91 Å². The molecular weight excluding hydrogens is 292 g/mol. The number of hydrogen-bond donors (Lipinski definition) is 2. The van der Waals surface area contributed by atoms with Crippen molar-refractivity contribution in [3.63, 3.8) is 0 Å². The van der Waals surface area contributed by atoms with E-state index >= 15 is 0 Å². The Balaban J connectivity index is 2.33. The summed E-state index contributed by atoms with van der Waals surface area (Å²) < 4.78 is 0. The van der Waals surface area contributed by atoms with Crippen LogP contribution in [0.5, 0.6) is 0 Å². The lowest BCUT2D eigenvalue weighted by Crippen LogP contribution is -2.23. The summed E-state index contributed by atoms with van der Waals surface area (Å²) in [5.74, 6) is 1.43. The predicted molar refractivity (Wildman–Crippen MR) is 84.2 cm³/mol. The van der Waals surface area contributed by atoms with Crippen LogP contribution < -0.4 is 5.32 Å². The number of carbonyl (C=O) groups is 1. The summed E-state index contributed by atoms with van der Waals surface area (Å²) >= 11 is 1.67. The number of rotatable bonds is 9. The maximum atomic E-state index is 11.5. The maximum absolute atomic E-state index is 11.5.